The molecule has 4 aliphatic rings. The second kappa shape index (κ2) is 15.6. The number of H-pyrrole nitrogens is 1. The third-order valence-electron chi connectivity index (χ3n) is 14.8. The van der Waals surface area contributed by atoms with Crippen molar-refractivity contribution in [1.82, 2.24) is 35.4 Å². The lowest BCUT2D eigenvalue weighted by molar-refractivity contribution is 0.107. The molecule has 4 atom stereocenters. The molecule has 4 fully saturated rings. The first-order valence-electron chi connectivity index (χ1n) is 22.5. The molecule has 322 valence electrons. The van der Waals surface area contributed by atoms with E-state index in [4.69, 9.17) is 19.7 Å². The van der Waals surface area contributed by atoms with Gasteiger partial charge in [0.15, 0.2) is 5.82 Å². The first-order chi connectivity index (χ1) is 29.9. The van der Waals surface area contributed by atoms with Crippen molar-refractivity contribution in [1.29, 1.82) is 0 Å². The third kappa shape index (κ3) is 6.67. The van der Waals surface area contributed by atoms with Gasteiger partial charge in [-0.25, -0.2) is 18.2 Å². The summed E-state index contributed by atoms with van der Waals surface area (Å²) in [5.74, 6) is 2.82. The minimum Gasteiger partial charge on any atom is -0.461 e. The van der Waals surface area contributed by atoms with Crippen LogP contribution in [0.2, 0.25) is 16.6 Å². The van der Waals surface area contributed by atoms with E-state index in [0.29, 0.717) is 70.5 Å². The van der Waals surface area contributed by atoms with Crippen LogP contribution in [0.15, 0.2) is 54.7 Å². The Morgan fingerprint density at radius 3 is 2.37 bits per heavy atom. The molecule has 0 amide bonds. The van der Waals surface area contributed by atoms with Gasteiger partial charge in [0.05, 0.1) is 33.9 Å². The van der Waals surface area contributed by atoms with Gasteiger partial charge in [-0.05, 0) is 66.4 Å². The zero-order valence-electron chi connectivity index (χ0n) is 36.5. The molecule has 62 heavy (non-hydrogen) atoms. The fourth-order valence-electron chi connectivity index (χ4n) is 11.9. The van der Waals surface area contributed by atoms with Gasteiger partial charge in [-0.3, -0.25) is 10.00 Å². The number of benzene rings is 3. The molecule has 2 N–H and O–H groups in total. The van der Waals surface area contributed by atoms with E-state index in [2.05, 4.69) is 78.3 Å². The Morgan fingerprint density at radius 2 is 1.61 bits per heavy atom. The molecule has 0 saturated carbocycles. The molecule has 6 aromatic rings. The largest absolute Gasteiger partial charge is 0.461 e. The summed E-state index contributed by atoms with van der Waals surface area (Å²) < 4.78 is 56.1. The predicted octanol–water partition coefficient (Wildman–Crippen LogP) is 10.1. The zero-order valence-corrected chi connectivity index (χ0v) is 37.5. The average Bonchev–Trinajstić information content (AvgIpc) is 4.03. The van der Waals surface area contributed by atoms with Crippen LogP contribution in [-0.4, -0.2) is 94.7 Å². The zero-order chi connectivity index (χ0) is 43.1. The van der Waals surface area contributed by atoms with E-state index < -0.39 is 31.4 Å². The molecule has 9 nitrogen and oxygen atoms in total. The topological polar surface area (TPSA) is 95.1 Å². The average molecular weight is 857 g/mol. The predicted molar refractivity (Wildman–Crippen MR) is 244 cm³/mol. The minimum atomic E-state index is -2.29. The third-order valence-corrected chi connectivity index (χ3v) is 21.0. The van der Waals surface area contributed by atoms with Crippen LogP contribution in [0, 0.1) is 23.1 Å². The summed E-state index contributed by atoms with van der Waals surface area (Å²) in [6, 6.07) is 15.1. The Morgan fingerprint density at radius 1 is 0.871 bits per heavy atom. The van der Waals surface area contributed by atoms with Gasteiger partial charge in [-0.2, -0.15) is 15.1 Å². The second-order valence-corrected chi connectivity index (χ2v) is 24.8. The van der Waals surface area contributed by atoms with Crippen molar-refractivity contribution < 1.29 is 17.9 Å². The molecule has 7 heterocycles. The van der Waals surface area contributed by atoms with E-state index >= 15 is 8.78 Å². The first kappa shape index (κ1) is 41.0. The molecule has 10 rings (SSSR count). The lowest BCUT2D eigenvalue weighted by Gasteiger charge is -2.38. The molecule has 0 radical (unpaired) electrons. The number of nitrogens with one attached hydrogen (secondary N) is 2. The normalized spacial score (nSPS) is 22.8. The van der Waals surface area contributed by atoms with Crippen molar-refractivity contribution in [2.24, 2.45) is 0 Å². The number of rotatable bonds is 9. The highest BCUT2D eigenvalue weighted by Gasteiger charge is 2.49. The summed E-state index contributed by atoms with van der Waals surface area (Å²) in [5.41, 5.74) is 7.02. The Kier molecular flexibility index (Phi) is 10.3. The molecule has 3 aromatic heterocycles. The molecule has 4 saturated heterocycles. The lowest BCUT2D eigenvalue weighted by Crippen LogP contribution is -2.51. The molecule has 3 aromatic carbocycles. The lowest BCUT2D eigenvalue weighted by atomic mass is 9.95. The molecule has 13 heteroatoms. The van der Waals surface area contributed by atoms with Crippen LogP contribution in [0.3, 0.4) is 0 Å². The molecule has 0 unspecified atom stereocenters. The van der Waals surface area contributed by atoms with Gasteiger partial charge in [0, 0.05) is 60.0 Å². The molecular weight excluding hydrogens is 802 g/mol. The van der Waals surface area contributed by atoms with Gasteiger partial charge >= 0.3 is 6.01 Å². The number of anilines is 1. The number of hydrogen-bond donors (Lipinski definition) is 2. The maximum atomic E-state index is 18.2. The van der Waals surface area contributed by atoms with Gasteiger partial charge < -0.3 is 15.0 Å². The fourth-order valence-corrected chi connectivity index (χ4v) is 17.1. The van der Waals surface area contributed by atoms with E-state index in [9.17, 15) is 4.39 Å². The Bertz CT molecular complexity index is 2750. The van der Waals surface area contributed by atoms with Crippen LogP contribution in [0.5, 0.6) is 6.01 Å². The van der Waals surface area contributed by atoms with Crippen LogP contribution in [0.1, 0.15) is 79.2 Å². The van der Waals surface area contributed by atoms with Crippen LogP contribution in [0.4, 0.5) is 19.0 Å². The number of piperazine rings is 1. The number of aromatic nitrogens is 5. The summed E-state index contributed by atoms with van der Waals surface area (Å²) >= 11 is 0. The molecule has 4 aliphatic heterocycles. The molecule has 0 spiro atoms. The van der Waals surface area contributed by atoms with E-state index in [-0.39, 0.29) is 41.5 Å². The van der Waals surface area contributed by atoms with Crippen molar-refractivity contribution in [3.8, 4) is 40.0 Å². The summed E-state index contributed by atoms with van der Waals surface area (Å²) in [6.07, 6.45) is 5.05. The highest BCUT2D eigenvalue weighted by Crippen LogP contribution is 2.45. The number of halogens is 3. The number of fused-ring (bicyclic) bond motifs is 6. The van der Waals surface area contributed by atoms with Gasteiger partial charge in [0.25, 0.3) is 0 Å². The van der Waals surface area contributed by atoms with Crippen molar-refractivity contribution in [3.63, 3.8) is 0 Å². The van der Waals surface area contributed by atoms with Crippen LogP contribution in [0.25, 0.3) is 55.1 Å². The highest BCUT2D eigenvalue weighted by molar-refractivity contribution is 6.90. The van der Waals surface area contributed by atoms with Gasteiger partial charge in [-0.1, -0.05) is 83.9 Å². The van der Waals surface area contributed by atoms with Gasteiger partial charge in [0.2, 0.25) is 0 Å². The minimum absolute atomic E-state index is 0.0277. The van der Waals surface area contributed by atoms with Crippen LogP contribution in [-0.2, 0) is 0 Å². The van der Waals surface area contributed by atoms with Crippen molar-refractivity contribution >= 4 is 46.5 Å². The maximum Gasteiger partial charge on any atom is 0.319 e. The number of pyridine rings is 1. The molecule has 0 aliphatic carbocycles. The monoisotopic (exact) mass is 856 g/mol. The van der Waals surface area contributed by atoms with E-state index in [0.717, 1.165) is 54.1 Å². The van der Waals surface area contributed by atoms with Crippen LogP contribution >= 0.6 is 0 Å². The summed E-state index contributed by atoms with van der Waals surface area (Å²) in [6.45, 7) is 16.1. The smallest absolute Gasteiger partial charge is 0.319 e. The Balaban J connectivity index is 1.24. The van der Waals surface area contributed by atoms with Gasteiger partial charge in [-0.15, -0.1) is 5.54 Å². The van der Waals surface area contributed by atoms with Crippen molar-refractivity contribution in [2.45, 2.75) is 114 Å². The molecular formula is C49H55F3N8OSi. The molecule has 2 bridgehead atoms. The van der Waals surface area contributed by atoms with Crippen LogP contribution < -0.4 is 15.0 Å². The quantitative estimate of drug-likeness (QED) is 0.110. The van der Waals surface area contributed by atoms with E-state index in [1.165, 1.54) is 6.07 Å². The second-order valence-electron chi connectivity index (χ2n) is 19.2. The SMILES string of the molecule is CC(C)[Si](C#Cc1c(F)ccc2cccc(-c3nc(-c4cccc5[nH]ncc45)c4c(N5C[C@H]6CC[C@@H](C5)N6)nc(OC[C@@]56CCCN5C[C@H](F)C6)nc4c3F)c12)(C(C)C)C(C)C. The summed E-state index contributed by atoms with van der Waals surface area (Å²) in [5, 5.41) is 13.7. The summed E-state index contributed by atoms with van der Waals surface area (Å²) in [7, 11) is -2.29. The highest BCUT2D eigenvalue weighted by atomic mass is 28.3. The van der Waals surface area contributed by atoms with E-state index in [1.54, 1.807) is 18.3 Å². The number of alkyl halides is 1. The van der Waals surface area contributed by atoms with Crippen molar-refractivity contribution in [3.05, 3.63) is 71.9 Å². The number of nitrogens with zero attached hydrogens (tertiary/aromatic N) is 6. The number of ether oxygens (including phenoxy) is 1. The Labute approximate surface area is 362 Å². The fraction of sp³-hybridized carbons (Fsp3) is 0.469. The van der Waals surface area contributed by atoms with Crippen molar-refractivity contribution in [2.75, 3.05) is 37.7 Å². The summed E-state index contributed by atoms with van der Waals surface area (Å²) in [4.78, 5) is 19.8. The maximum absolute atomic E-state index is 18.2. The first-order valence-corrected chi connectivity index (χ1v) is 24.7. The number of hydrogen-bond acceptors (Lipinski definition) is 8. The van der Waals surface area contributed by atoms with Gasteiger partial charge in [0.1, 0.15) is 43.7 Å². The standard InChI is InChI=1S/C49H55F3N8OSi/c1-28(2)62(29(3)4,30(5)6)21-18-36-39(51)17-14-31-10-7-12-37(41(31)36)45-43(52)46-42(44(55-45)35-11-8-13-40-38(35)23-53-58-40)47(59-25-33-15-16-34(26-59)54-33)57-48(56-46)61-27-49-19-9-20-60(49)24-32(50)22-49/h7-8,10-14,17,23,28-30,32-34,54H,9,15-16,19-20,22,24-27H2,1-6H3,(H,53,58)/t32-,33-,34+,49+/m1/s1. The van der Waals surface area contributed by atoms with E-state index in [1.807, 2.05) is 30.3 Å². The number of aromatic amines is 1. The Hall–Kier alpha value is -5.03.